The maximum atomic E-state index is 13.2. The van der Waals surface area contributed by atoms with E-state index < -0.39 is 0 Å². The minimum Gasteiger partial charge on any atom is -0.472 e. The first kappa shape index (κ1) is 19.0. The lowest BCUT2D eigenvalue weighted by atomic mass is 10.1. The Hall–Kier alpha value is -3.29. The van der Waals surface area contributed by atoms with Crippen LogP contribution in [0.3, 0.4) is 0 Å². The summed E-state index contributed by atoms with van der Waals surface area (Å²) in [5, 5.41) is 4.42. The summed E-state index contributed by atoms with van der Waals surface area (Å²) in [5.41, 5.74) is 1.89. The van der Waals surface area contributed by atoms with Gasteiger partial charge in [0.05, 0.1) is 12.2 Å². The van der Waals surface area contributed by atoms with Crippen LogP contribution in [-0.4, -0.2) is 49.7 Å². The largest absolute Gasteiger partial charge is 0.472 e. The molecule has 150 valence electrons. The van der Waals surface area contributed by atoms with Gasteiger partial charge in [-0.3, -0.25) is 9.48 Å². The number of hydrogen-bond acceptors (Lipinski definition) is 5. The number of piperidine rings is 1. The van der Waals surface area contributed by atoms with Crippen molar-refractivity contribution in [3.05, 3.63) is 59.9 Å². The predicted octanol–water partition coefficient (Wildman–Crippen LogP) is 3.01. The van der Waals surface area contributed by atoms with E-state index in [0.717, 1.165) is 18.4 Å². The smallest absolute Gasteiger partial charge is 0.272 e. The molecule has 0 unspecified atom stereocenters. The van der Waals surface area contributed by atoms with Gasteiger partial charge < -0.3 is 9.64 Å². The number of aromatic nitrogens is 4. The number of amides is 1. The van der Waals surface area contributed by atoms with E-state index in [0.29, 0.717) is 36.2 Å². The second-order valence-corrected chi connectivity index (χ2v) is 7.12. The van der Waals surface area contributed by atoms with Gasteiger partial charge in [0.25, 0.3) is 5.91 Å². The van der Waals surface area contributed by atoms with Crippen LogP contribution in [0.15, 0.2) is 42.6 Å². The van der Waals surface area contributed by atoms with Gasteiger partial charge in [-0.25, -0.2) is 9.37 Å². The normalized spacial score (nSPS) is 16.7. The Morgan fingerprint density at radius 2 is 2.03 bits per heavy atom. The number of rotatable bonds is 4. The molecule has 1 aliphatic heterocycles. The number of ether oxygens (including phenoxy) is 1. The quantitative estimate of drug-likeness (QED) is 0.679. The van der Waals surface area contributed by atoms with Crippen molar-refractivity contribution in [2.45, 2.75) is 25.9 Å². The number of hydrogen-bond donors (Lipinski definition) is 0. The molecule has 7 nitrogen and oxygen atoms in total. The molecule has 1 aliphatic rings. The summed E-state index contributed by atoms with van der Waals surface area (Å²) in [6.45, 7) is 2.96. The Labute approximate surface area is 168 Å². The van der Waals surface area contributed by atoms with Gasteiger partial charge >= 0.3 is 0 Å². The first-order valence-corrected chi connectivity index (χ1v) is 9.55. The molecule has 0 saturated carbocycles. The van der Waals surface area contributed by atoms with Gasteiger partial charge in [0.1, 0.15) is 23.4 Å². The number of aryl methyl sites for hydroxylation is 2. The minimum absolute atomic E-state index is 0.0967. The third-order valence-corrected chi connectivity index (χ3v) is 4.94. The molecule has 8 heteroatoms. The van der Waals surface area contributed by atoms with Crippen molar-refractivity contribution < 1.29 is 13.9 Å². The summed E-state index contributed by atoms with van der Waals surface area (Å²) < 4.78 is 20.7. The van der Waals surface area contributed by atoms with E-state index in [1.54, 1.807) is 47.1 Å². The monoisotopic (exact) mass is 395 g/mol. The molecule has 29 heavy (non-hydrogen) atoms. The van der Waals surface area contributed by atoms with Gasteiger partial charge in [-0.05, 0) is 50.1 Å². The van der Waals surface area contributed by atoms with Crippen LogP contribution >= 0.6 is 0 Å². The summed E-state index contributed by atoms with van der Waals surface area (Å²) in [5.74, 6) is 0.769. The molecule has 3 heterocycles. The second-order valence-electron chi connectivity index (χ2n) is 7.12. The molecule has 0 aliphatic carbocycles. The van der Waals surface area contributed by atoms with Crippen molar-refractivity contribution in [3.8, 4) is 17.1 Å². The van der Waals surface area contributed by atoms with Crippen molar-refractivity contribution in [1.29, 1.82) is 0 Å². The van der Waals surface area contributed by atoms with E-state index in [4.69, 9.17) is 4.74 Å². The number of likely N-dealkylation sites (tertiary alicyclic amines) is 1. The molecular weight excluding hydrogens is 373 g/mol. The Morgan fingerprint density at radius 1 is 1.24 bits per heavy atom. The second kappa shape index (κ2) is 7.98. The Bertz CT molecular complexity index is 1020. The lowest BCUT2D eigenvalue weighted by Gasteiger charge is -2.32. The molecular formula is C21H22FN5O2. The van der Waals surface area contributed by atoms with Crippen molar-refractivity contribution in [1.82, 2.24) is 24.6 Å². The zero-order chi connectivity index (χ0) is 20.4. The van der Waals surface area contributed by atoms with Gasteiger partial charge in [0.2, 0.25) is 5.88 Å². The minimum atomic E-state index is -0.306. The standard InChI is InChI=1S/C21H22FN5O2/c1-14-23-10-9-20(24-14)29-17-4-3-11-27(13-17)21(28)19-12-18(25-26(19)2)15-5-7-16(22)8-6-15/h5-10,12,17H,3-4,11,13H2,1-2H3/t17-/m0/s1. The first-order chi connectivity index (χ1) is 14.0. The number of nitrogens with zero attached hydrogens (tertiary/aromatic N) is 5. The van der Waals surface area contributed by atoms with Gasteiger partial charge in [-0.15, -0.1) is 0 Å². The van der Waals surface area contributed by atoms with Crippen molar-refractivity contribution in [3.63, 3.8) is 0 Å². The van der Waals surface area contributed by atoms with E-state index in [-0.39, 0.29) is 17.8 Å². The maximum absolute atomic E-state index is 13.2. The highest BCUT2D eigenvalue weighted by Gasteiger charge is 2.28. The molecule has 0 N–H and O–H groups in total. The van der Waals surface area contributed by atoms with Gasteiger partial charge in [-0.2, -0.15) is 10.1 Å². The van der Waals surface area contributed by atoms with E-state index in [1.807, 2.05) is 6.92 Å². The number of halogens is 1. The molecule has 0 spiro atoms. The Balaban J connectivity index is 1.48. The third-order valence-electron chi connectivity index (χ3n) is 4.94. The maximum Gasteiger partial charge on any atom is 0.272 e. The topological polar surface area (TPSA) is 73.1 Å². The number of carbonyl (C=O) groups is 1. The molecule has 4 rings (SSSR count). The average molecular weight is 395 g/mol. The zero-order valence-corrected chi connectivity index (χ0v) is 16.4. The average Bonchev–Trinajstić information content (AvgIpc) is 3.10. The highest BCUT2D eigenvalue weighted by Crippen LogP contribution is 2.22. The van der Waals surface area contributed by atoms with Crippen LogP contribution in [0.5, 0.6) is 5.88 Å². The van der Waals surface area contributed by atoms with E-state index in [9.17, 15) is 9.18 Å². The lowest BCUT2D eigenvalue weighted by molar-refractivity contribution is 0.0517. The highest BCUT2D eigenvalue weighted by molar-refractivity contribution is 5.93. The summed E-state index contributed by atoms with van der Waals surface area (Å²) >= 11 is 0. The zero-order valence-electron chi connectivity index (χ0n) is 16.4. The third kappa shape index (κ3) is 4.26. The Morgan fingerprint density at radius 3 is 2.79 bits per heavy atom. The van der Waals surface area contributed by atoms with Gasteiger partial charge in [-0.1, -0.05) is 0 Å². The SMILES string of the molecule is Cc1nccc(O[C@H]2CCCN(C(=O)c3cc(-c4ccc(F)cc4)nn3C)C2)n1. The fourth-order valence-electron chi connectivity index (χ4n) is 3.48. The molecule has 2 aromatic heterocycles. The van der Waals surface area contributed by atoms with E-state index in [1.165, 1.54) is 12.1 Å². The molecule has 0 bridgehead atoms. The molecule has 1 fully saturated rings. The van der Waals surface area contributed by atoms with E-state index in [2.05, 4.69) is 15.1 Å². The molecule has 1 saturated heterocycles. The summed E-state index contributed by atoms with van der Waals surface area (Å²) in [7, 11) is 1.74. The Kier molecular flexibility index (Phi) is 5.24. The molecule has 3 aromatic rings. The lowest BCUT2D eigenvalue weighted by Crippen LogP contribution is -2.45. The van der Waals surface area contributed by atoms with E-state index >= 15 is 0 Å². The first-order valence-electron chi connectivity index (χ1n) is 9.55. The summed E-state index contributed by atoms with van der Waals surface area (Å²) in [4.78, 5) is 23.2. The van der Waals surface area contributed by atoms with Crippen molar-refractivity contribution in [2.75, 3.05) is 13.1 Å². The number of benzene rings is 1. The molecule has 0 radical (unpaired) electrons. The molecule has 1 aromatic carbocycles. The molecule has 1 amide bonds. The van der Waals surface area contributed by atoms with Gasteiger partial charge in [0, 0.05) is 31.4 Å². The van der Waals surface area contributed by atoms with Crippen molar-refractivity contribution in [2.24, 2.45) is 7.05 Å². The summed E-state index contributed by atoms with van der Waals surface area (Å²) in [6.07, 6.45) is 3.25. The summed E-state index contributed by atoms with van der Waals surface area (Å²) in [6, 6.07) is 9.54. The predicted molar refractivity (Wildman–Crippen MR) is 105 cm³/mol. The fourth-order valence-corrected chi connectivity index (χ4v) is 3.48. The fraction of sp³-hybridized carbons (Fsp3) is 0.333. The van der Waals surface area contributed by atoms with Crippen molar-refractivity contribution >= 4 is 5.91 Å². The van der Waals surface area contributed by atoms with Crippen LogP contribution in [0.4, 0.5) is 4.39 Å². The van der Waals surface area contributed by atoms with Crippen LogP contribution in [0.1, 0.15) is 29.2 Å². The van der Waals surface area contributed by atoms with Crippen LogP contribution in [0, 0.1) is 12.7 Å². The van der Waals surface area contributed by atoms with Crippen LogP contribution in [0.2, 0.25) is 0 Å². The number of carbonyl (C=O) groups excluding carboxylic acids is 1. The van der Waals surface area contributed by atoms with Crippen LogP contribution in [0.25, 0.3) is 11.3 Å². The molecule has 1 atom stereocenters. The highest BCUT2D eigenvalue weighted by atomic mass is 19.1. The van der Waals surface area contributed by atoms with Crippen LogP contribution in [-0.2, 0) is 7.05 Å². The van der Waals surface area contributed by atoms with Gasteiger partial charge in [0.15, 0.2) is 0 Å². The van der Waals surface area contributed by atoms with Crippen LogP contribution < -0.4 is 4.74 Å².